The molecular weight excluding hydrogens is 176 g/mol. The maximum atomic E-state index is 6.06. The molecule has 0 saturated carbocycles. The summed E-state index contributed by atoms with van der Waals surface area (Å²) in [6, 6.07) is 0. The fourth-order valence-electron chi connectivity index (χ4n) is 1.42. The molecule has 0 fully saturated rings. The van der Waals surface area contributed by atoms with Crippen LogP contribution >= 0.6 is 11.6 Å². The maximum absolute atomic E-state index is 6.06. The first-order valence-electron chi connectivity index (χ1n) is 4.14. The Kier molecular flexibility index (Phi) is 2.07. The predicted octanol–water partition coefficient (Wildman–Crippen LogP) is 1.63. The Balaban J connectivity index is 2.44. The number of rotatable bonds is 1. The molecule has 2 heterocycles. The molecule has 0 amide bonds. The van der Waals surface area contributed by atoms with Gasteiger partial charge in [0.2, 0.25) is 0 Å². The fraction of sp³-hybridized carbons (Fsp3) is 0.625. The van der Waals surface area contributed by atoms with Crippen molar-refractivity contribution in [2.45, 2.75) is 26.5 Å². The zero-order valence-electron chi connectivity index (χ0n) is 7.01. The summed E-state index contributed by atoms with van der Waals surface area (Å²) < 4.78 is 7.12. The Labute approximate surface area is 76.3 Å². The van der Waals surface area contributed by atoms with Crippen molar-refractivity contribution in [1.29, 1.82) is 0 Å². The van der Waals surface area contributed by atoms with Gasteiger partial charge in [0.25, 0.3) is 0 Å². The molecular formula is C8H11ClN2O. The first kappa shape index (κ1) is 8.08. The molecule has 2 rings (SSSR count). The van der Waals surface area contributed by atoms with E-state index in [1.165, 1.54) is 0 Å². The molecule has 3 nitrogen and oxygen atoms in total. The normalized spacial score (nSPS) is 16.2. The second kappa shape index (κ2) is 3.07. The van der Waals surface area contributed by atoms with Crippen molar-refractivity contribution in [3.8, 4) is 0 Å². The van der Waals surface area contributed by atoms with E-state index >= 15 is 0 Å². The van der Waals surface area contributed by atoms with Crippen molar-refractivity contribution in [2.24, 2.45) is 0 Å². The Morgan fingerprint density at radius 1 is 1.67 bits per heavy atom. The lowest BCUT2D eigenvalue weighted by molar-refractivity contribution is 0.110. The Morgan fingerprint density at radius 2 is 2.50 bits per heavy atom. The summed E-state index contributed by atoms with van der Waals surface area (Å²) in [5.74, 6) is 0. The number of aromatic nitrogens is 2. The van der Waals surface area contributed by atoms with Crippen LogP contribution in [-0.2, 0) is 24.3 Å². The van der Waals surface area contributed by atoms with E-state index in [9.17, 15) is 0 Å². The average Bonchev–Trinajstić information content (AvgIpc) is 2.44. The van der Waals surface area contributed by atoms with E-state index in [1.807, 2.05) is 11.6 Å². The molecule has 0 aliphatic carbocycles. The lowest BCUT2D eigenvalue weighted by Crippen LogP contribution is -2.08. The third-order valence-electron chi connectivity index (χ3n) is 2.09. The Morgan fingerprint density at radius 3 is 3.17 bits per heavy atom. The van der Waals surface area contributed by atoms with Crippen LogP contribution in [0.4, 0.5) is 0 Å². The van der Waals surface area contributed by atoms with E-state index in [2.05, 4.69) is 5.10 Å². The zero-order chi connectivity index (χ0) is 8.55. The first-order chi connectivity index (χ1) is 5.83. The molecule has 0 saturated heterocycles. The number of aryl methyl sites for hydroxylation is 1. The number of ether oxygens (including phenoxy) is 1. The van der Waals surface area contributed by atoms with Crippen LogP contribution in [0.2, 0.25) is 5.15 Å². The fourth-order valence-corrected chi connectivity index (χ4v) is 1.74. The number of nitrogens with zero attached hydrogens (tertiary/aromatic N) is 2. The van der Waals surface area contributed by atoms with Crippen LogP contribution in [0.5, 0.6) is 0 Å². The maximum Gasteiger partial charge on any atom is 0.132 e. The molecule has 0 bridgehead atoms. The van der Waals surface area contributed by atoms with Crippen LogP contribution < -0.4 is 0 Å². The lowest BCUT2D eigenvalue weighted by Gasteiger charge is -2.09. The predicted molar refractivity (Wildman–Crippen MR) is 46.3 cm³/mol. The summed E-state index contributed by atoms with van der Waals surface area (Å²) in [6.45, 7) is 4.25. The van der Waals surface area contributed by atoms with Crippen LogP contribution in [-0.4, -0.2) is 16.4 Å². The SMILES string of the molecule is CCn1nc2c(c1Cl)COCC2. The minimum Gasteiger partial charge on any atom is -0.376 e. The third kappa shape index (κ3) is 1.13. The van der Waals surface area contributed by atoms with Crippen LogP contribution in [0.15, 0.2) is 0 Å². The number of fused-ring (bicyclic) bond motifs is 1. The van der Waals surface area contributed by atoms with Gasteiger partial charge in [-0.25, -0.2) is 0 Å². The molecule has 0 N–H and O–H groups in total. The molecule has 0 spiro atoms. The lowest BCUT2D eigenvalue weighted by atomic mass is 10.2. The van der Waals surface area contributed by atoms with Gasteiger partial charge in [0, 0.05) is 18.5 Å². The molecule has 1 aromatic heterocycles. The van der Waals surface area contributed by atoms with Gasteiger partial charge < -0.3 is 4.74 Å². The van der Waals surface area contributed by atoms with Crippen molar-refractivity contribution in [3.05, 3.63) is 16.4 Å². The highest BCUT2D eigenvalue weighted by Gasteiger charge is 2.18. The molecule has 66 valence electrons. The number of hydrogen-bond acceptors (Lipinski definition) is 2. The molecule has 0 aromatic carbocycles. The Bertz CT molecular complexity index is 295. The molecule has 1 aliphatic rings. The smallest absolute Gasteiger partial charge is 0.132 e. The van der Waals surface area contributed by atoms with Gasteiger partial charge in [-0.05, 0) is 6.92 Å². The standard InChI is InChI=1S/C8H11ClN2O/c1-2-11-8(9)6-5-12-4-3-7(6)10-11/h2-5H2,1H3. The first-order valence-corrected chi connectivity index (χ1v) is 4.52. The molecule has 0 atom stereocenters. The van der Waals surface area contributed by atoms with Gasteiger partial charge in [0.15, 0.2) is 0 Å². The van der Waals surface area contributed by atoms with E-state index < -0.39 is 0 Å². The molecule has 12 heavy (non-hydrogen) atoms. The number of halogens is 1. The highest BCUT2D eigenvalue weighted by molar-refractivity contribution is 6.30. The summed E-state index contributed by atoms with van der Waals surface area (Å²) in [7, 11) is 0. The largest absolute Gasteiger partial charge is 0.376 e. The highest BCUT2D eigenvalue weighted by Crippen LogP contribution is 2.24. The van der Waals surface area contributed by atoms with Gasteiger partial charge in [-0.15, -0.1) is 0 Å². The quantitative estimate of drug-likeness (QED) is 0.667. The van der Waals surface area contributed by atoms with Gasteiger partial charge in [-0.2, -0.15) is 5.10 Å². The second-order valence-corrected chi connectivity index (χ2v) is 3.19. The molecule has 0 unspecified atom stereocenters. The summed E-state index contributed by atoms with van der Waals surface area (Å²) in [6.07, 6.45) is 0.891. The third-order valence-corrected chi connectivity index (χ3v) is 2.52. The van der Waals surface area contributed by atoms with E-state index in [0.717, 1.165) is 36.0 Å². The van der Waals surface area contributed by atoms with Crippen molar-refractivity contribution in [3.63, 3.8) is 0 Å². The van der Waals surface area contributed by atoms with Gasteiger partial charge in [0.1, 0.15) is 5.15 Å². The molecule has 1 aliphatic heterocycles. The van der Waals surface area contributed by atoms with E-state index in [0.29, 0.717) is 6.61 Å². The molecule has 4 heteroatoms. The minimum atomic E-state index is 0.619. The van der Waals surface area contributed by atoms with Crippen molar-refractivity contribution in [2.75, 3.05) is 6.61 Å². The van der Waals surface area contributed by atoms with Crippen LogP contribution in [0.3, 0.4) is 0 Å². The van der Waals surface area contributed by atoms with E-state index in [-0.39, 0.29) is 0 Å². The van der Waals surface area contributed by atoms with Crippen molar-refractivity contribution >= 4 is 11.6 Å². The van der Waals surface area contributed by atoms with Crippen LogP contribution in [0.1, 0.15) is 18.2 Å². The Hall–Kier alpha value is -0.540. The van der Waals surface area contributed by atoms with Gasteiger partial charge in [0.05, 0.1) is 18.9 Å². The summed E-state index contributed by atoms with van der Waals surface area (Å²) >= 11 is 6.06. The van der Waals surface area contributed by atoms with E-state index in [4.69, 9.17) is 16.3 Å². The minimum absolute atomic E-state index is 0.619. The topological polar surface area (TPSA) is 27.1 Å². The average molecular weight is 187 g/mol. The van der Waals surface area contributed by atoms with Gasteiger partial charge in [-0.1, -0.05) is 11.6 Å². The highest BCUT2D eigenvalue weighted by atomic mass is 35.5. The van der Waals surface area contributed by atoms with E-state index in [1.54, 1.807) is 0 Å². The summed E-state index contributed by atoms with van der Waals surface area (Å²) in [5, 5.41) is 5.12. The van der Waals surface area contributed by atoms with Crippen molar-refractivity contribution in [1.82, 2.24) is 9.78 Å². The summed E-state index contributed by atoms with van der Waals surface area (Å²) in [5.41, 5.74) is 2.18. The van der Waals surface area contributed by atoms with Gasteiger partial charge >= 0.3 is 0 Å². The van der Waals surface area contributed by atoms with Crippen LogP contribution in [0.25, 0.3) is 0 Å². The monoisotopic (exact) mass is 186 g/mol. The number of hydrogen-bond donors (Lipinski definition) is 0. The molecule has 1 aromatic rings. The second-order valence-electron chi connectivity index (χ2n) is 2.83. The van der Waals surface area contributed by atoms with Crippen molar-refractivity contribution < 1.29 is 4.74 Å². The van der Waals surface area contributed by atoms with Crippen LogP contribution in [0, 0.1) is 0 Å². The zero-order valence-corrected chi connectivity index (χ0v) is 7.76. The van der Waals surface area contributed by atoms with Gasteiger partial charge in [-0.3, -0.25) is 4.68 Å². The molecule has 0 radical (unpaired) electrons. The summed E-state index contributed by atoms with van der Waals surface area (Å²) in [4.78, 5) is 0.